The van der Waals surface area contributed by atoms with Crippen LogP contribution in [-0.2, 0) is 47.7 Å². The van der Waals surface area contributed by atoms with Crippen molar-refractivity contribution in [3.05, 3.63) is 0 Å². The molecule has 10 heteroatoms. The Morgan fingerprint density at radius 2 is 1.07 bits per heavy atom. The van der Waals surface area contributed by atoms with Gasteiger partial charge in [-0.1, -0.05) is 0 Å². The van der Waals surface area contributed by atoms with E-state index < -0.39 is 60.2 Å². The molecule has 1 rings (SSSR count). The molecule has 0 spiro atoms. The van der Waals surface area contributed by atoms with Gasteiger partial charge in [-0.2, -0.15) is 0 Å². The van der Waals surface area contributed by atoms with Crippen molar-refractivity contribution in [3.63, 3.8) is 0 Å². The lowest BCUT2D eigenvalue weighted by Gasteiger charge is -2.43. The highest BCUT2D eigenvalue weighted by atomic mass is 16.6. The smallest absolute Gasteiger partial charge is 0.303 e. The summed E-state index contributed by atoms with van der Waals surface area (Å²) in [5.41, 5.74) is 0. The van der Waals surface area contributed by atoms with E-state index in [2.05, 4.69) is 0 Å². The van der Waals surface area contributed by atoms with Gasteiger partial charge in [-0.15, -0.1) is 0 Å². The Labute approximate surface area is 156 Å². The topological polar surface area (TPSA) is 132 Å². The number of carbonyl (C=O) groups excluding carboxylic acids is 5. The van der Waals surface area contributed by atoms with E-state index in [1.807, 2.05) is 0 Å². The van der Waals surface area contributed by atoms with Gasteiger partial charge in [0.1, 0.15) is 12.2 Å². The molecule has 0 N–H and O–H groups in total. The number of hydrogen-bond donors (Lipinski definition) is 0. The first kappa shape index (κ1) is 22.4. The van der Waals surface area contributed by atoms with Crippen LogP contribution >= 0.6 is 0 Å². The third-order valence-electron chi connectivity index (χ3n) is 3.74. The van der Waals surface area contributed by atoms with Crippen LogP contribution in [0.4, 0.5) is 0 Å². The second kappa shape index (κ2) is 9.89. The molecule has 0 aliphatic heterocycles. The van der Waals surface area contributed by atoms with E-state index in [-0.39, 0.29) is 13.0 Å². The molecule has 0 bridgehead atoms. The minimum Gasteiger partial charge on any atom is -0.465 e. The predicted molar refractivity (Wildman–Crippen MR) is 87.0 cm³/mol. The Balaban J connectivity index is 3.29. The van der Waals surface area contributed by atoms with Crippen molar-refractivity contribution in [2.45, 2.75) is 65.5 Å². The first-order valence-electron chi connectivity index (χ1n) is 8.33. The standard InChI is InChI=1S/C17H24O10/c1-8(18)23-7-13-6-14(24-9(2)19)16(26-11(4)21)17(27-12(5)22)15(13)25-10(3)20/h13-17H,6-7H2,1-5H3/t13-,14+,15-,16-,17+/m1/s1. The maximum atomic E-state index is 11.6. The Morgan fingerprint density at radius 1 is 0.630 bits per heavy atom. The molecule has 1 saturated carbocycles. The summed E-state index contributed by atoms with van der Waals surface area (Å²) in [6.07, 6.45) is -4.42. The van der Waals surface area contributed by atoms with Gasteiger partial charge in [0.2, 0.25) is 0 Å². The summed E-state index contributed by atoms with van der Waals surface area (Å²) in [5.74, 6) is -3.95. The Bertz CT molecular complexity index is 599. The van der Waals surface area contributed by atoms with E-state index in [4.69, 9.17) is 23.7 Å². The van der Waals surface area contributed by atoms with Crippen molar-refractivity contribution in [2.75, 3.05) is 6.61 Å². The van der Waals surface area contributed by atoms with Crippen molar-refractivity contribution in [3.8, 4) is 0 Å². The third-order valence-corrected chi connectivity index (χ3v) is 3.74. The molecule has 27 heavy (non-hydrogen) atoms. The molecule has 0 heterocycles. The van der Waals surface area contributed by atoms with Crippen molar-refractivity contribution in [2.24, 2.45) is 5.92 Å². The highest BCUT2D eigenvalue weighted by Gasteiger charge is 2.52. The lowest BCUT2D eigenvalue weighted by atomic mass is 9.80. The van der Waals surface area contributed by atoms with Crippen LogP contribution in [0.1, 0.15) is 41.0 Å². The zero-order valence-corrected chi connectivity index (χ0v) is 15.9. The summed E-state index contributed by atoms with van der Waals surface area (Å²) >= 11 is 0. The van der Waals surface area contributed by atoms with Crippen molar-refractivity contribution < 1.29 is 47.7 Å². The van der Waals surface area contributed by atoms with Crippen molar-refractivity contribution in [1.82, 2.24) is 0 Å². The lowest BCUT2D eigenvalue weighted by Crippen LogP contribution is -2.59. The molecular weight excluding hydrogens is 364 g/mol. The van der Waals surface area contributed by atoms with E-state index in [1.165, 1.54) is 13.8 Å². The average Bonchev–Trinajstić information content (AvgIpc) is 2.49. The van der Waals surface area contributed by atoms with Crippen LogP contribution in [0.25, 0.3) is 0 Å². The number of hydrogen-bond acceptors (Lipinski definition) is 10. The molecule has 5 atom stereocenters. The van der Waals surface area contributed by atoms with Crippen LogP contribution in [0.3, 0.4) is 0 Å². The first-order chi connectivity index (χ1) is 12.5. The average molecular weight is 388 g/mol. The Hall–Kier alpha value is -2.65. The fraction of sp³-hybridized carbons (Fsp3) is 0.706. The van der Waals surface area contributed by atoms with Crippen LogP contribution in [0.15, 0.2) is 0 Å². The maximum Gasteiger partial charge on any atom is 0.303 e. The quantitative estimate of drug-likeness (QED) is 0.462. The second-order valence-corrected chi connectivity index (χ2v) is 6.17. The highest BCUT2D eigenvalue weighted by molar-refractivity contribution is 5.69. The van der Waals surface area contributed by atoms with Crippen molar-refractivity contribution >= 4 is 29.8 Å². The summed E-state index contributed by atoms with van der Waals surface area (Å²) in [7, 11) is 0. The van der Waals surface area contributed by atoms with E-state index >= 15 is 0 Å². The minimum absolute atomic E-state index is 0.0561. The number of esters is 5. The number of ether oxygens (including phenoxy) is 5. The summed E-state index contributed by atoms with van der Waals surface area (Å²) in [4.78, 5) is 57.3. The van der Waals surface area contributed by atoms with Gasteiger partial charge in [-0.25, -0.2) is 0 Å². The number of rotatable bonds is 6. The van der Waals surface area contributed by atoms with E-state index in [0.717, 1.165) is 20.8 Å². The zero-order valence-electron chi connectivity index (χ0n) is 15.9. The molecule has 1 fully saturated rings. The number of carbonyl (C=O) groups is 5. The van der Waals surface area contributed by atoms with Gasteiger partial charge in [-0.3, -0.25) is 24.0 Å². The monoisotopic (exact) mass is 388 g/mol. The van der Waals surface area contributed by atoms with E-state index in [1.54, 1.807) is 0 Å². The van der Waals surface area contributed by atoms with Crippen LogP contribution in [0.5, 0.6) is 0 Å². The van der Waals surface area contributed by atoms with Gasteiger partial charge in [0.25, 0.3) is 0 Å². The predicted octanol–water partition coefficient (Wildman–Crippen LogP) is 0.296. The van der Waals surface area contributed by atoms with Gasteiger partial charge in [0.15, 0.2) is 12.2 Å². The normalized spacial score (nSPS) is 27.1. The molecular formula is C17H24O10. The molecule has 0 radical (unpaired) electrons. The van der Waals surface area contributed by atoms with Gasteiger partial charge < -0.3 is 23.7 Å². The molecule has 1 aliphatic carbocycles. The summed E-state index contributed by atoms with van der Waals surface area (Å²) < 4.78 is 25.9. The van der Waals surface area contributed by atoms with Gasteiger partial charge in [0, 0.05) is 40.5 Å². The third kappa shape index (κ3) is 7.24. The summed E-state index contributed by atoms with van der Waals surface area (Å²) in [5, 5.41) is 0. The van der Waals surface area contributed by atoms with E-state index in [9.17, 15) is 24.0 Å². The molecule has 1 aliphatic rings. The molecule has 0 aromatic heterocycles. The Morgan fingerprint density at radius 3 is 1.52 bits per heavy atom. The van der Waals surface area contributed by atoms with Crippen LogP contribution < -0.4 is 0 Å². The van der Waals surface area contributed by atoms with Crippen LogP contribution in [0.2, 0.25) is 0 Å². The van der Waals surface area contributed by atoms with Crippen LogP contribution in [-0.4, -0.2) is 60.9 Å². The van der Waals surface area contributed by atoms with Gasteiger partial charge >= 0.3 is 29.8 Å². The van der Waals surface area contributed by atoms with Gasteiger partial charge in [-0.05, 0) is 6.42 Å². The van der Waals surface area contributed by atoms with Gasteiger partial charge in [0.05, 0.1) is 6.61 Å². The maximum absolute atomic E-state index is 11.6. The van der Waals surface area contributed by atoms with Crippen molar-refractivity contribution in [1.29, 1.82) is 0 Å². The van der Waals surface area contributed by atoms with E-state index in [0.29, 0.717) is 0 Å². The Kier molecular flexibility index (Phi) is 8.20. The molecule has 10 nitrogen and oxygen atoms in total. The lowest BCUT2D eigenvalue weighted by molar-refractivity contribution is -0.221. The second-order valence-electron chi connectivity index (χ2n) is 6.17. The fourth-order valence-electron chi connectivity index (χ4n) is 2.96. The fourth-order valence-corrected chi connectivity index (χ4v) is 2.96. The molecule has 152 valence electrons. The minimum atomic E-state index is -1.24. The molecule has 0 unspecified atom stereocenters. The van der Waals surface area contributed by atoms with Crippen LogP contribution in [0, 0.1) is 5.92 Å². The molecule has 0 aromatic rings. The zero-order chi connectivity index (χ0) is 20.7. The molecule has 0 saturated heterocycles. The molecule has 0 amide bonds. The highest BCUT2D eigenvalue weighted by Crippen LogP contribution is 2.34. The molecule has 0 aromatic carbocycles. The first-order valence-corrected chi connectivity index (χ1v) is 8.33. The summed E-state index contributed by atoms with van der Waals surface area (Å²) in [6, 6.07) is 0. The summed E-state index contributed by atoms with van der Waals surface area (Å²) in [6.45, 7) is 5.64. The SMILES string of the molecule is CC(=O)OC[C@H]1C[C@H](OC(C)=O)[C@@H](OC(C)=O)[C@@H](OC(C)=O)[C@@H]1OC(C)=O. The largest absolute Gasteiger partial charge is 0.465 e.